The van der Waals surface area contributed by atoms with E-state index in [1.807, 2.05) is 0 Å². The van der Waals surface area contributed by atoms with Gasteiger partial charge in [0.25, 0.3) is 0 Å². The predicted molar refractivity (Wildman–Crippen MR) is 75.2 cm³/mol. The van der Waals surface area contributed by atoms with Crippen LogP contribution in [0.3, 0.4) is 0 Å². The predicted octanol–water partition coefficient (Wildman–Crippen LogP) is 2.61. The molecule has 1 heterocycles. The molecule has 0 fully saturated rings. The number of nitro groups is 1. The fourth-order valence-electron chi connectivity index (χ4n) is 1.80. The van der Waals surface area contributed by atoms with E-state index in [2.05, 4.69) is 4.98 Å². The SMILES string of the molecule is Cc1ncc([N+](=O)[O-])n1CCSc1cc(N)cc(F)c1. The number of halogens is 1. The van der Waals surface area contributed by atoms with Crippen molar-refractivity contribution in [2.45, 2.75) is 18.4 Å². The van der Waals surface area contributed by atoms with E-state index in [4.69, 9.17) is 5.73 Å². The first-order valence-electron chi connectivity index (χ1n) is 5.83. The van der Waals surface area contributed by atoms with E-state index < -0.39 is 10.7 Å². The fourth-order valence-corrected chi connectivity index (χ4v) is 2.73. The summed E-state index contributed by atoms with van der Waals surface area (Å²) in [6, 6.07) is 4.30. The smallest absolute Gasteiger partial charge is 0.342 e. The molecule has 2 N–H and O–H groups in total. The maximum absolute atomic E-state index is 13.2. The first-order chi connectivity index (χ1) is 9.47. The zero-order valence-corrected chi connectivity index (χ0v) is 11.6. The Morgan fingerprint density at radius 3 is 2.90 bits per heavy atom. The molecule has 20 heavy (non-hydrogen) atoms. The summed E-state index contributed by atoms with van der Waals surface area (Å²) in [7, 11) is 0. The largest absolute Gasteiger partial charge is 0.399 e. The summed E-state index contributed by atoms with van der Waals surface area (Å²) in [6.45, 7) is 2.13. The molecule has 0 unspecified atom stereocenters. The number of aryl methyl sites for hydroxylation is 1. The van der Waals surface area contributed by atoms with Gasteiger partial charge >= 0.3 is 5.82 Å². The average Bonchev–Trinajstić information content (AvgIpc) is 2.70. The third-order valence-corrected chi connectivity index (χ3v) is 3.65. The molecule has 0 saturated carbocycles. The molecule has 0 saturated heterocycles. The van der Waals surface area contributed by atoms with Gasteiger partial charge in [0.05, 0.1) is 0 Å². The van der Waals surface area contributed by atoms with Crippen molar-refractivity contribution in [1.29, 1.82) is 0 Å². The zero-order valence-electron chi connectivity index (χ0n) is 10.7. The van der Waals surface area contributed by atoms with Crippen molar-refractivity contribution >= 4 is 23.3 Å². The Bertz CT molecular complexity index is 624. The van der Waals surface area contributed by atoms with Crippen molar-refractivity contribution in [3.8, 4) is 0 Å². The highest BCUT2D eigenvalue weighted by Gasteiger charge is 2.16. The summed E-state index contributed by atoms with van der Waals surface area (Å²) in [5.41, 5.74) is 5.91. The third kappa shape index (κ3) is 3.27. The van der Waals surface area contributed by atoms with Crippen molar-refractivity contribution in [3.05, 3.63) is 46.2 Å². The molecule has 2 aromatic rings. The summed E-state index contributed by atoms with van der Waals surface area (Å²) < 4.78 is 14.7. The van der Waals surface area contributed by atoms with Gasteiger partial charge in [0.1, 0.15) is 18.6 Å². The summed E-state index contributed by atoms with van der Waals surface area (Å²) in [5.74, 6) is 0.705. The van der Waals surface area contributed by atoms with Crippen molar-refractivity contribution in [1.82, 2.24) is 9.55 Å². The second-order valence-corrected chi connectivity index (χ2v) is 5.31. The number of nitrogens with two attached hydrogens (primary N) is 1. The van der Waals surface area contributed by atoms with E-state index >= 15 is 0 Å². The number of nitrogens with zero attached hydrogens (tertiary/aromatic N) is 3. The van der Waals surface area contributed by atoms with Gasteiger partial charge < -0.3 is 15.8 Å². The molecular weight excluding hydrogens is 283 g/mol. The maximum atomic E-state index is 13.2. The van der Waals surface area contributed by atoms with Gasteiger partial charge in [-0.3, -0.25) is 0 Å². The molecule has 0 spiro atoms. The minimum absolute atomic E-state index is 0.0399. The second kappa shape index (κ2) is 5.91. The van der Waals surface area contributed by atoms with Gasteiger partial charge in [0, 0.05) is 23.3 Å². The van der Waals surface area contributed by atoms with Gasteiger partial charge in [-0.15, -0.1) is 11.8 Å². The van der Waals surface area contributed by atoms with Crippen LogP contribution in [0.15, 0.2) is 29.3 Å². The Hall–Kier alpha value is -2.09. The number of hydrogen-bond donors (Lipinski definition) is 1. The van der Waals surface area contributed by atoms with Crippen molar-refractivity contribution in [2.75, 3.05) is 11.5 Å². The van der Waals surface area contributed by atoms with E-state index in [0.717, 1.165) is 0 Å². The summed E-state index contributed by atoms with van der Waals surface area (Å²) >= 11 is 1.38. The molecular formula is C12H13FN4O2S. The normalized spacial score (nSPS) is 10.7. The number of nitrogen functional groups attached to an aromatic ring is 1. The lowest BCUT2D eigenvalue weighted by Gasteiger charge is -2.04. The van der Waals surface area contributed by atoms with Crippen LogP contribution < -0.4 is 5.73 Å². The number of anilines is 1. The van der Waals surface area contributed by atoms with Gasteiger partial charge in [-0.25, -0.2) is 13.9 Å². The lowest BCUT2D eigenvalue weighted by atomic mass is 10.3. The Balaban J connectivity index is 2.03. The molecule has 2 rings (SSSR count). The van der Waals surface area contributed by atoms with Crippen LogP contribution in [0, 0.1) is 22.9 Å². The van der Waals surface area contributed by atoms with Crippen LogP contribution in [0.1, 0.15) is 5.82 Å². The highest BCUT2D eigenvalue weighted by Crippen LogP contribution is 2.23. The molecule has 0 atom stereocenters. The molecule has 0 amide bonds. The summed E-state index contributed by atoms with van der Waals surface area (Å²) in [6.07, 6.45) is 1.24. The summed E-state index contributed by atoms with van der Waals surface area (Å²) in [4.78, 5) is 15.0. The van der Waals surface area contributed by atoms with Gasteiger partial charge in [0.2, 0.25) is 0 Å². The van der Waals surface area contributed by atoms with E-state index in [1.165, 1.54) is 34.7 Å². The second-order valence-electron chi connectivity index (χ2n) is 4.14. The van der Waals surface area contributed by atoms with Crippen LogP contribution in [-0.2, 0) is 6.54 Å². The topological polar surface area (TPSA) is 87.0 Å². The molecule has 1 aromatic heterocycles. The van der Waals surface area contributed by atoms with Gasteiger partial charge in [-0.05, 0) is 23.1 Å². The minimum atomic E-state index is -0.467. The molecule has 6 nitrogen and oxygen atoms in total. The zero-order chi connectivity index (χ0) is 14.7. The van der Waals surface area contributed by atoms with Crippen molar-refractivity contribution in [2.24, 2.45) is 0 Å². The van der Waals surface area contributed by atoms with Crippen LogP contribution in [0.4, 0.5) is 15.9 Å². The number of rotatable bonds is 5. The lowest BCUT2D eigenvalue weighted by molar-refractivity contribution is -0.392. The maximum Gasteiger partial charge on any atom is 0.342 e. The molecule has 0 aliphatic heterocycles. The lowest BCUT2D eigenvalue weighted by Crippen LogP contribution is -2.06. The van der Waals surface area contributed by atoms with Crippen LogP contribution in [0.25, 0.3) is 0 Å². The highest BCUT2D eigenvalue weighted by atomic mass is 32.2. The van der Waals surface area contributed by atoms with Crippen LogP contribution in [0.5, 0.6) is 0 Å². The fraction of sp³-hybridized carbons (Fsp3) is 0.250. The average molecular weight is 296 g/mol. The quantitative estimate of drug-likeness (QED) is 0.396. The molecule has 0 aliphatic carbocycles. The van der Waals surface area contributed by atoms with Crippen molar-refractivity contribution < 1.29 is 9.31 Å². The number of imidazole rings is 1. The molecule has 0 aliphatic rings. The van der Waals surface area contributed by atoms with Crippen LogP contribution >= 0.6 is 11.8 Å². The first kappa shape index (κ1) is 14.3. The van der Waals surface area contributed by atoms with E-state index in [0.29, 0.717) is 28.7 Å². The van der Waals surface area contributed by atoms with Gasteiger partial charge in [-0.1, -0.05) is 0 Å². The monoisotopic (exact) mass is 296 g/mol. The first-order valence-corrected chi connectivity index (χ1v) is 6.81. The van der Waals surface area contributed by atoms with E-state index in [9.17, 15) is 14.5 Å². The number of aromatic nitrogens is 2. The number of hydrogen-bond acceptors (Lipinski definition) is 5. The molecule has 106 valence electrons. The molecule has 0 bridgehead atoms. The van der Waals surface area contributed by atoms with Gasteiger partial charge in [-0.2, -0.15) is 0 Å². The van der Waals surface area contributed by atoms with Crippen LogP contribution in [0.2, 0.25) is 0 Å². The highest BCUT2D eigenvalue weighted by molar-refractivity contribution is 7.99. The van der Waals surface area contributed by atoms with E-state index in [-0.39, 0.29) is 5.82 Å². The van der Waals surface area contributed by atoms with Gasteiger partial charge in [0.15, 0.2) is 5.82 Å². The molecule has 0 radical (unpaired) electrons. The Kier molecular flexibility index (Phi) is 4.23. The standard InChI is InChI=1S/C12H13FN4O2S/c1-8-15-7-12(17(18)19)16(8)2-3-20-11-5-9(13)4-10(14)6-11/h4-7H,2-3,14H2,1H3. The van der Waals surface area contributed by atoms with Crippen molar-refractivity contribution in [3.63, 3.8) is 0 Å². The van der Waals surface area contributed by atoms with E-state index in [1.54, 1.807) is 13.0 Å². The molecule has 1 aromatic carbocycles. The number of benzene rings is 1. The Morgan fingerprint density at radius 2 is 2.25 bits per heavy atom. The Morgan fingerprint density at radius 1 is 1.50 bits per heavy atom. The minimum Gasteiger partial charge on any atom is -0.399 e. The Labute approximate surface area is 119 Å². The number of thioether (sulfide) groups is 1. The van der Waals surface area contributed by atoms with Crippen LogP contribution in [-0.4, -0.2) is 20.2 Å². The molecule has 8 heteroatoms. The third-order valence-electron chi connectivity index (χ3n) is 2.70. The summed E-state index contributed by atoms with van der Waals surface area (Å²) in [5, 5.41) is 10.8.